The molecule has 2 aromatic carbocycles. The van der Waals surface area contributed by atoms with Gasteiger partial charge in [-0.2, -0.15) is 0 Å². The van der Waals surface area contributed by atoms with Crippen LogP contribution in [0.25, 0.3) is 11.1 Å². The van der Waals surface area contributed by atoms with Gasteiger partial charge in [-0.1, -0.05) is 24.3 Å². The zero-order valence-electron chi connectivity index (χ0n) is 30.7. The normalized spacial score (nSPS) is 13.8. The van der Waals surface area contributed by atoms with Gasteiger partial charge in [0.15, 0.2) is 6.29 Å². The molecule has 8 N–H and O–H groups in total. The van der Waals surface area contributed by atoms with Crippen LogP contribution in [0.1, 0.15) is 91.9 Å². The highest BCUT2D eigenvalue weighted by Crippen LogP contribution is 2.42. The number of benzene rings is 2. The van der Waals surface area contributed by atoms with Gasteiger partial charge in [-0.3, -0.25) is 19.6 Å². The number of aromatic nitrogens is 2. The molecule has 53 heavy (non-hydrogen) atoms. The summed E-state index contributed by atoms with van der Waals surface area (Å²) in [5.74, 6) is 0.719. The van der Waals surface area contributed by atoms with Crippen molar-refractivity contribution >= 4 is 23.6 Å². The molecular formula is C41H52N6O6. The maximum absolute atomic E-state index is 13.2. The molecule has 0 saturated heterocycles. The van der Waals surface area contributed by atoms with Crippen LogP contribution in [0.3, 0.4) is 0 Å². The van der Waals surface area contributed by atoms with Gasteiger partial charge in [0.25, 0.3) is 5.91 Å². The number of nitrogens with zero attached hydrogens (tertiary/aromatic N) is 2. The van der Waals surface area contributed by atoms with Crippen LogP contribution in [-0.2, 0) is 13.1 Å². The van der Waals surface area contributed by atoms with E-state index in [1.54, 1.807) is 12.4 Å². The first kappa shape index (κ1) is 39.6. The van der Waals surface area contributed by atoms with Crippen LogP contribution in [0, 0.1) is 13.8 Å². The van der Waals surface area contributed by atoms with Crippen molar-refractivity contribution in [1.29, 1.82) is 0 Å². The highest BCUT2D eigenvalue weighted by molar-refractivity contribution is 6.04. The van der Waals surface area contributed by atoms with Gasteiger partial charge in [-0.25, -0.2) is 0 Å². The minimum atomic E-state index is -0.377. The minimum absolute atomic E-state index is 0.102. The number of pyridine rings is 2. The quantitative estimate of drug-likeness (QED) is 0.0730. The van der Waals surface area contributed by atoms with E-state index in [1.807, 2.05) is 44.3 Å². The maximum atomic E-state index is 13.2. The molecule has 0 atom stereocenters. The highest BCUT2D eigenvalue weighted by Gasteiger charge is 2.28. The molecule has 2 fully saturated rings. The highest BCUT2D eigenvalue weighted by atomic mass is 16.3. The Bertz CT molecular complexity index is 1850. The van der Waals surface area contributed by atoms with Crippen molar-refractivity contribution in [2.75, 3.05) is 44.1 Å². The SMILES string of the molecule is CNc1cccc(-c2cccc(NC(=O)c3cc(C4CC4)c(CNC(CO)CO)cn3)c2C)c1C.O=Cc1cc(C2CC2)c(CNC(CO)CO)cn1. The fraction of sp³-hybridized carbons (Fsp3) is 0.415. The van der Waals surface area contributed by atoms with Crippen LogP contribution in [0.2, 0.25) is 0 Å². The van der Waals surface area contributed by atoms with E-state index in [9.17, 15) is 19.8 Å². The third-order valence-corrected chi connectivity index (χ3v) is 9.97. The Morgan fingerprint density at radius 2 is 1.25 bits per heavy atom. The lowest BCUT2D eigenvalue weighted by Gasteiger charge is -2.17. The molecule has 12 heteroatoms. The number of carbonyl (C=O) groups excluding carboxylic acids is 2. The number of carbonyl (C=O) groups is 2. The number of aldehydes is 1. The lowest BCUT2D eigenvalue weighted by atomic mass is 9.94. The van der Waals surface area contributed by atoms with Crippen LogP contribution < -0.4 is 21.3 Å². The lowest BCUT2D eigenvalue weighted by molar-refractivity contribution is 0.102. The standard InChI is InChI=1S/C28H34N4O3.C13H18N2O3/c1-17-22(6-4-8-25(17)29-3)23-7-5-9-26(18(23)2)32-28(35)27-12-24(19-10-11-19)20(14-31-27)13-30-21(15-33)16-34;16-6-11-3-13(9-1-2-9)10(4-14-11)5-15-12(7-17)8-18/h4-9,12,14,19,21,29-30,33-34H,10-11,13,15-16H2,1-3H3,(H,32,35);3-4,6,9,12,15,17-18H,1-2,5,7-8H2. The monoisotopic (exact) mass is 724 g/mol. The number of aliphatic hydroxyl groups excluding tert-OH is 4. The molecule has 0 spiro atoms. The molecule has 4 aromatic rings. The average molecular weight is 725 g/mol. The second-order valence-corrected chi connectivity index (χ2v) is 13.8. The van der Waals surface area contributed by atoms with Crippen molar-refractivity contribution in [1.82, 2.24) is 20.6 Å². The number of rotatable bonds is 17. The summed E-state index contributed by atoms with van der Waals surface area (Å²) in [7, 11) is 1.91. The Morgan fingerprint density at radius 1 is 0.755 bits per heavy atom. The fourth-order valence-corrected chi connectivity index (χ4v) is 6.38. The summed E-state index contributed by atoms with van der Waals surface area (Å²) in [6.45, 7) is 4.66. The van der Waals surface area contributed by atoms with E-state index in [0.717, 1.165) is 87.9 Å². The molecule has 1 amide bonds. The van der Waals surface area contributed by atoms with Gasteiger partial charge in [0, 0.05) is 43.9 Å². The van der Waals surface area contributed by atoms with Gasteiger partial charge < -0.3 is 41.7 Å². The third-order valence-electron chi connectivity index (χ3n) is 9.97. The molecule has 282 valence electrons. The van der Waals surface area contributed by atoms with Gasteiger partial charge in [-0.15, -0.1) is 0 Å². The van der Waals surface area contributed by atoms with Gasteiger partial charge in [0.2, 0.25) is 0 Å². The molecular weight excluding hydrogens is 672 g/mol. The topological polar surface area (TPSA) is 189 Å². The van der Waals surface area contributed by atoms with Crippen LogP contribution >= 0.6 is 0 Å². The van der Waals surface area contributed by atoms with Crippen molar-refractivity contribution in [3.63, 3.8) is 0 Å². The average Bonchev–Trinajstić information content (AvgIpc) is 4.12. The predicted molar refractivity (Wildman–Crippen MR) is 206 cm³/mol. The van der Waals surface area contributed by atoms with Crippen molar-refractivity contribution in [2.45, 2.75) is 76.5 Å². The fourth-order valence-electron chi connectivity index (χ4n) is 6.38. The Kier molecular flexibility index (Phi) is 14.2. The molecule has 0 radical (unpaired) electrons. The van der Waals surface area contributed by atoms with E-state index in [4.69, 9.17) is 10.2 Å². The molecule has 0 aliphatic heterocycles. The second-order valence-electron chi connectivity index (χ2n) is 13.8. The van der Waals surface area contributed by atoms with E-state index in [2.05, 4.69) is 56.4 Å². The maximum Gasteiger partial charge on any atom is 0.274 e. The molecule has 12 nitrogen and oxygen atoms in total. The summed E-state index contributed by atoms with van der Waals surface area (Å²) in [5.41, 5.74) is 11.3. The van der Waals surface area contributed by atoms with Gasteiger partial charge in [0.05, 0.1) is 38.5 Å². The van der Waals surface area contributed by atoms with Crippen LogP contribution in [-0.4, -0.2) is 88.1 Å². The molecule has 0 unspecified atom stereocenters. The van der Waals surface area contributed by atoms with E-state index < -0.39 is 0 Å². The molecule has 2 aliphatic rings. The number of anilines is 2. The smallest absolute Gasteiger partial charge is 0.274 e. The molecule has 2 heterocycles. The Labute approximate surface area is 311 Å². The Balaban J connectivity index is 0.000000252. The molecule has 2 saturated carbocycles. The van der Waals surface area contributed by atoms with Crippen molar-refractivity contribution in [3.05, 3.63) is 106 Å². The van der Waals surface area contributed by atoms with Crippen LogP contribution in [0.15, 0.2) is 60.9 Å². The molecule has 6 rings (SSSR count). The molecule has 2 aromatic heterocycles. The van der Waals surface area contributed by atoms with Gasteiger partial charge in [0.1, 0.15) is 11.4 Å². The number of amides is 1. The number of hydrogen-bond acceptors (Lipinski definition) is 11. The van der Waals surface area contributed by atoms with Crippen LogP contribution in [0.4, 0.5) is 11.4 Å². The zero-order chi connectivity index (χ0) is 37.9. The van der Waals surface area contributed by atoms with Crippen molar-refractivity contribution in [2.24, 2.45) is 0 Å². The Hall–Kier alpha value is -4.56. The summed E-state index contributed by atoms with van der Waals surface area (Å²) in [6.07, 6.45) is 8.68. The predicted octanol–water partition coefficient (Wildman–Crippen LogP) is 4.19. The third kappa shape index (κ3) is 10.3. The largest absolute Gasteiger partial charge is 0.395 e. The first-order valence-electron chi connectivity index (χ1n) is 18.3. The lowest BCUT2D eigenvalue weighted by Crippen LogP contribution is -2.35. The van der Waals surface area contributed by atoms with E-state index in [-0.39, 0.29) is 44.4 Å². The first-order valence-corrected chi connectivity index (χ1v) is 18.3. The number of aliphatic hydroxyl groups is 4. The van der Waals surface area contributed by atoms with E-state index in [0.29, 0.717) is 36.3 Å². The van der Waals surface area contributed by atoms with E-state index in [1.165, 1.54) is 0 Å². The summed E-state index contributed by atoms with van der Waals surface area (Å²) < 4.78 is 0. The zero-order valence-corrected chi connectivity index (χ0v) is 30.7. The minimum Gasteiger partial charge on any atom is -0.395 e. The summed E-state index contributed by atoms with van der Waals surface area (Å²) in [6, 6.07) is 15.2. The number of nitrogens with one attached hydrogen (secondary N) is 4. The molecule has 2 aliphatic carbocycles. The number of hydrogen-bond donors (Lipinski definition) is 8. The second kappa shape index (κ2) is 19.0. The van der Waals surface area contributed by atoms with Gasteiger partial charge in [-0.05, 0) is 120 Å². The summed E-state index contributed by atoms with van der Waals surface area (Å²) in [5, 5.41) is 49.1. The van der Waals surface area contributed by atoms with Crippen LogP contribution in [0.5, 0.6) is 0 Å². The van der Waals surface area contributed by atoms with E-state index >= 15 is 0 Å². The molecule has 0 bridgehead atoms. The van der Waals surface area contributed by atoms with Gasteiger partial charge >= 0.3 is 0 Å². The summed E-state index contributed by atoms with van der Waals surface area (Å²) in [4.78, 5) is 32.4. The Morgan fingerprint density at radius 3 is 1.74 bits per heavy atom. The van der Waals surface area contributed by atoms with Crippen molar-refractivity contribution < 1.29 is 30.0 Å². The summed E-state index contributed by atoms with van der Waals surface area (Å²) >= 11 is 0. The van der Waals surface area contributed by atoms with Crippen molar-refractivity contribution in [3.8, 4) is 11.1 Å². The first-order chi connectivity index (χ1) is 25.7.